The molecule has 1 unspecified atom stereocenters. The highest BCUT2D eigenvalue weighted by Crippen LogP contribution is 2.27. The highest BCUT2D eigenvalue weighted by Gasteiger charge is 2.40. The Bertz CT molecular complexity index is 858. The fourth-order valence-corrected chi connectivity index (χ4v) is 4.22. The van der Waals surface area contributed by atoms with Gasteiger partial charge in [-0.25, -0.2) is 13.2 Å². The lowest BCUT2D eigenvalue weighted by Crippen LogP contribution is -2.51. The van der Waals surface area contributed by atoms with Crippen LogP contribution >= 0.6 is 11.3 Å². The maximum atomic E-state index is 12.5. The van der Waals surface area contributed by atoms with Crippen molar-refractivity contribution < 1.29 is 23.1 Å². The lowest BCUT2D eigenvalue weighted by Gasteiger charge is -2.29. The molecule has 1 heterocycles. The van der Waals surface area contributed by atoms with E-state index in [1.165, 1.54) is 11.4 Å². The first kappa shape index (κ1) is 18.2. The van der Waals surface area contributed by atoms with Crippen molar-refractivity contribution in [2.24, 2.45) is 0 Å². The van der Waals surface area contributed by atoms with E-state index in [4.69, 9.17) is 0 Å². The van der Waals surface area contributed by atoms with Crippen LogP contribution in [0.2, 0.25) is 0 Å². The highest BCUT2D eigenvalue weighted by molar-refractivity contribution is 7.90. The van der Waals surface area contributed by atoms with Crippen molar-refractivity contribution >= 4 is 33.1 Å². The Hall–Kier alpha value is -2.19. The number of benzene rings is 1. The summed E-state index contributed by atoms with van der Waals surface area (Å²) in [5.41, 5.74) is -1.12. The second kappa shape index (κ2) is 6.74. The molecule has 0 saturated carbocycles. The van der Waals surface area contributed by atoms with E-state index in [2.05, 4.69) is 5.32 Å². The highest BCUT2D eigenvalue weighted by atomic mass is 32.2. The van der Waals surface area contributed by atoms with Gasteiger partial charge in [-0.05, 0) is 18.1 Å². The Balaban J connectivity index is 2.39. The summed E-state index contributed by atoms with van der Waals surface area (Å²) in [6, 6.07) is 9.67. The Morgan fingerprint density at radius 2 is 1.88 bits per heavy atom. The van der Waals surface area contributed by atoms with E-state index in [0.29, 0.717) is 5.56 Å². The minimum Gasteiger partial charge on any atom is -0.479 e. The summed E-state index contributed by atoms with van der Waals surface area (Å²) in [6.07, 6.45) is 1.19. The van der Waals surface area contributed by atoms with Gasteiger partial charge in [-0.3, -0.25) is 4.79 Å². The van der Waals surface area contributed by atoms with E-state index >= 15 is 0 Å². The SMILES string of the molecule is CCC(NC(=O)c1cc(S(C)(=O)=O)cs1)(C(=O)O)c1ccccc1. The average molecular weight is 367 g/mol. The van der Waals surface area contributed by atoms with Crippen molar-refractivity contribution in [3.8, 4) is 0 Å². The van der Waals surface area contributed by atoms with Gasteiger partial charge in [0.05, 0.1) is 9.77 Å². The van der Waals surface area contributed by atoms with Crippen LogP contribution < -0.4 is 5.32 Å². The van der Waals surface area contributed by atoms with Crippen LogP contribution in [0.5, 0.6) is 0 Å². The Morgan fingerprint density at radius 1 is 1.25 bits per heavy atom. The zero-order valence-electron chi connectivity index (χ0n) is 13.1. The quantitative estimate of drug-likeness (QED) is 0.816. The molecule has 2 rings (SSSR count). The van der Waals surface area contributed by atoms with Gasteiger partial charge in [0.2, 0.25) is 0 Å². The van der Waals surface area contributed by atoms with Crippen molar-refractivity contribution in [2.45, 2.75) is 23.8 Å². The molecule has 1 aromatic heterocycles. The van der Waals surface area contributed by atoms with Crippen molar-refractivity contribution in [1.29, 1.82) is 0 Å². The number of carbonyl (C=O) groups excluding carboxylic acids is 1. The average Bonchev–Trinajstić information content (AvgIpc) is 3.03. The molecule has 2 N–H and O–H groups in total. The van der Waals surface area contributed by atoms with Gasteiger partial charge >= 0.3 is 5.97 Å². The van der Waals surface area contributed by atoms with Gasteiger partial charge in [-0.15, -0.1) is 11.3 Å². The lowest BCUT2D eigenvalue weighted by molar-refractivity contribution is -0.145. The molecule has 6 nitrogen and oxygen atoms in total. The van der Waals surface area contributed by atoms with Gasteiger partial charge in [0.1, 0.15) is 0 Å². The fourth-order valence-electron chi connectivity index (χ4n) is 2.30. The smallest absolute Gasteiger partial charge is 0.334 e. The maximum absolute atomic E-state index is 12.5. The summed E-state index contributed by atoms with van der Waals surface area (Å²) in [5.74, 6) is -1.80. The largest absolute Gasteiger partial charge is 0.479 e. The molecule has 0 saturated heterocycles. The molecule has 1 aromatic carbocycles. The van der Waals surface area contributed by atoms with Crippen LogP contribution in [-0.4, -0.2) is 31.7 Å². The van der Waals surface area contributed by atoms with Crippen LogP contribution in [0.15, 0.2) is 46.7 Å². The van der Waals surface area contributed by atoms with Crippen LogP contribution in [0, 0.1) is 0 Å². The molecule has 0 aliphatic carbocycles. The predicted molar refractivity (Wildman–Crippen MR) is 90.9 cm³/mol. The summed E-state index contributed by atoms with van der Waals surface area (Å²) < 4.78 is 23.0. The van der Waals surface area contributed by atoms with Gasteiger partial charge < -0.3 is 10.4 Å². The second-order valence-electron chi connectivity index (χ2n) is 5.30. The third-order valence-corrected chi connectivity index (χ3v) is 5.89. The Labute approximate surface area is 144 Å². The summed E-state index contributed by atoms with van der Waals surface area (Å²) in [7, 11) is -3.42. The fraction of sp³-hybridized carbons (Fsp3) is 0.250. The zero-order valence-corrected chi connectivity index (χ0v) is 14.8. The van der Waals surface area contributed by atoms with Crippen molar-refractivity contribution in [3.05, 3.63) is 52.2 Å². The number of hydrogen-bond donors (Lipinski definition) is 2. The molecule has 0 radical (unpaired) electrons. The zero-order chi connectivity index (χ0) is 18.0. The van der Waals surface area contributed by atoms with Crippen molar-refractivity contribution in [2.75, 3.05) is 6.26 Å². The third-order valence-electron chi connectivity index (χ3n) is 3.72. The second-order valence-corrected chi connectivity index (χ2v) is 8.23. The molecule has 0 spiro atoms. The van der Waals surface area contributed by atoms with E-state index in [1.54, 1.807) is 37.3 Å². The number of sulfone groups is 1. The standard InChI is InChI=1S/C16H17NO5S2/c1-3-16(15(19)20,11-7-5-4-6-8-11)17-14(18)13-9-12(10-23-13)24(2,21)22/h4-10H,3H2,1-2H3,(H,17,18)(H,19,20). The molecule has 24 heavy (non-hydrogen) atoms. The van der Waals surface area contributed by atoms with Gasteiger partial charge in [0.25, 0.3) is 5.91 Å². The number of amides is 1. The first-order valence-electron chi connectivity index (χ1n) is 7.10. The summed E-state index contributed by atoms with van der Waals surface area (Å²) in [6.45, 7) is 1.66. The minimum atomic E-state index is -3.42. The molecular formula is C16H17NO5S2. The molecule has 0 aliphatic heterocycles. The molecule has 0 aliphatic rings. The lowest BCUT2D eigenvalue weighted by atomic mass is 9.87. The van der Waals surface area contributed by atoms with Crippen molar-refractivity contribution in [3.63, 3.8) is 0 Å². The van der Waals surface area contributed by atoms with Gasteiger partial charge in [0.15, 0.2) is 15.4 Å². The molecule has 128 valence electrons. The van der Waals surface area contributed by atoms with Crippen LogP contribution in [0.3, 0.4) is 0 Å². The predicted octanol–water partition coefficient (Wildman–Crippen LogP) is 2.27. The van der Waals surface area contributed by atoms with Gasteiger partial charge in [-0.1, -0.05) is 37.3 Å². The molecule has 2 aromatic rings. The molecule has 1 amide bonds. The summed E-state index contributed by atoms with van der Waals surface area (Å²) in [5, 5.41) is 13.6. The first-order chi connectivity index (χ1) is 11.2. The number of carbonyl (C=O) groups is 2. The summed E-state index contributed by atoms with van der Waals surface area (Å²) >= 11 is 0.958. The van der Waals surface area contributed by atoms with Crippen LogP contribution in [0.1, 0.15) is 28.6 Å². The van der Waals surface area contributed by atoms with Crippen LogP contribution in [0.25, 0.3) is 0 Å². The van der Waals surface area contributed by atoms with E-state index in [9.17, 15) is 23.1 Å². The molecule has 0 bridgehead atoms. The number of carboxylic acids is 1. The number of aliphatic carboxylic acids is 1. The van der Waals surface area contributed by atoms with Crippen LogP contribution in [-0.2, 0) is 20.2 Å². The van der Waals surface area contributed by atoms with E-state index in [0.717, 1.165) is 17.6 Å². The maximum Gasteiger partial charge on any atom is 0.334 e. The normalized spacial score (nSPS) is 13.9. The topological polar surface area (TPSA) is 101 Å². The number of rotatable bonds is 6. The number of carboxylic acid groups (broad SMARTS) is 1. The first-order valence-corrected chi connectivity index (χ1v) is 9.88. The van der Waals surface area contributed by atoms with E-state index < -0.39 is 27.3 Å². The van der Waals surface area contributed by atoms with E-state index in [1.807, 2.05) is 0 Å². The van der Waals surface area contributed by atoms with Gasteiger partial charge in [0, 0.05) is 11.6 Å². The molecular weight excluding hydrogens is 350 g/mol. The number of nitrogens with one attached hydrogen (secondary N) is 1. The molecule has 8 heteroatoms. The Morgan fingerprint density at radius 3 is 2.33 bits per heavy atom. The molecule has 1 atom stereocenters. The summed E-state index contributed by atoms with van der Waals surface area (Å²) in [4.78, 5) is 24.5. The van der Waals surface area contributed by atoms with Crippen LogP contribution in [0.4, 0.5) is 0 Å². The monoisotopic (exact) mass is 367 g/mol. The molecule has 0 fully saturated rings. The third kappa shape index (κ3) is 3.49. The van der Waals surface area contributed by atoms with E-state index in [-0.39, 0.29) is 16.2 Å². The minimum absolute atomic E-state index is 0.0368. The Kier molecular flexibility index (Phi) is 5.10. The number of thiophene rings is 1. The van der Waals surface area contributed by atoms with Crippen molar-refractivity contribution in [1.82, 2.24) is 5.32 Å². The number of hydrogen-bond acceptors (Lipinski definition) is 5. The van der Waals surface area contributed by atoms with Gasteiger partial charge in [-0.2, -0.15) is 0 Å².